The summed E-state index contributed by atoms with van der Waals surface area (Å²) in [6.07, 6.45) is 4.70. The standard InChI is InChI=1S/C6H9N3O2.2C6H13NO2/c7-5(6(10)11)1-4-2-8-3-9-4;1-4(2)3-5(7)6(8)9;1-3-4(2)5(7)6(8)9/h2-3,5H,1,7H2,(H,8,9)(H,10,11);2*4-5H,3,7H2,1-2H3,(H,8,9)/t2*5-;4-,5-/m000/s1. The average molecular weight is 418 g/mol. The minimum absolute atomic E-state index is 0.0718. The van der Waals surface area contributed by atoms with Gasteiger partial charge in [-0.1, -0.05) is 34.1 Å². The summed E-state index contributed by atoms with van der Waals surface area (Å²) in [5.74, 6) is -2.40. The Morgan fingerprint density at radius 2 is 1.52 bits per heavy atom. The van der Waals surface area contributed by atoms with Crippen molar-refractivity contribution in [2.24, 2.45) is 29.0 Å². The highest BCUT2D eigenvalue weighted by atomic mass is 16.4. The van der Waals surface area contributed by atoms with E-state index in [1.807, 2.05) is 27.7 Å². The Balaban J connectivity index is 0. The van der Waals surface area contributed by atoms with Gasteiger partial charge in [-0.3, -0.25) is 14.4 Å². The van der Waals surface area contributed by atoms with Crippen LogP contribution in [-0.2, 0) is 20.8 Å². The molecule has 0 aliphatic heterocycles. The summed E-state index contributed by atoms with van der Waals surface area (Å²) in [5.41, 5.74) is 16.5. The first kappa shape index (κ1) is 28.7. The van der Waals surface area contributed by atoms with Crippen LogP contribution in [0.1, 0.15) is 46.2 Å². The lowest BCUT2D eigenvalue weighted by molar-refractivity contribution is -0.140. The molecule has 4 atom stereocenters. The van der Waals surface area contributed by atoms with E-state index < -0.39 is 36.0 Å². The molecule has 0 radical (unpaired) electrons. The fourth-order valence-electron chi connectivity index (χ4n) is 1.83. The second kappa shape index (κ2) is 15.4. The number of rotatable bonds is 9. The first-order valence-electron chi connectivity index (χ1n) is 9.25. The van der Waals surface area contributed by atoms with Crippen LogP contribution in [0.5, 0.6) is 0 Å². The summed E-state index contributed by atoms with van der Waals surface area (Å²) < 4.78 is 0. The Hall–Kier alpha value is -2.50. The molecule has 1 aromatic heterocycles. The summed E-state index contributed by atoms with van der Waals surface area (Å²) in [7, 11) is 0. The average Bonchev–Trinajstić information content (AvgIpc) is 3.13. The molecule has 11 nitrogen and oxygen atoms in total. The first-order valence-corrected chi connectivity index (χ1v) is 9.25. The number of aliphatic carboxylic acids is 3. The van der Waals surface area contributed by atoms with Gasteiger partial charge >= 0.3 is 17.9 Å². The van der Waals surface area contributed by atoms with E-state index in [1.165, 1.54) is 6.33 Å². The molecule has 0 aliphatic carbocycles. The molecule has 1 heterocycles. The third kappa shape index (κ3) is 15.1. The lowest BCUT2D eigenvalue weighted by Gasteiger charge is -2.11. The van der Waals surface area contributed by atoms with Crippen molar-refractivity contribution in [2.45, 2.75) is 65.1 Å². The van der Waals surface area contributed by atoms with Gasteiger partial charge in [0.15, 0.2) is 0 Å². The minimum Gasteiger partial charge on any atom is -0.480 e. The van der Waals surface area contributed by atoms with E-state index >= 15 is 0 Å². The third-order valence-electron chi connectivity index (χ3n) is 3.90. The van der Waals surface area contributed by atoms with E-state index in [-0.39, 0.29) is 12.3 Å². The number of nitrogens with two attached hydrogens (primary N) is 3. The minimum atomic E-state index is -1.00. The van der Waals surface area contributed by atoms with Crippen molar-refractivity contribution >= 4 is 17.9 Å². The number of carbonyl (C=O) groups is 3. The molecule has 0 spiro atoms. The van der Waals surface area contributed by atoms with Crippen LogP contribution in [0, 0.1) is 11.8 Å². The summed E-state index contributed by atoms with van der Waals surface area (Å²) >= 11 is 0. The van der Waals surface area contributed by atoms with Gasteiger partial charge in [0.1, 0.15) is 18.1 Å². The number of carboxylic acids is 3. The smallest absolute Gasteiger partial charge is 0.320 e. The number of aromatic amines is 1. The van der Waals surface area contributed by atoms with Crippen LogP contribution < -0.4 is 17.2 Å². The van der Waals surface area contributed by atoms with Crippen molar-refractivity contribution < 1.29 is 29.7 Å². The van der Waals surface area contributed by atoms with Gasteiger partial charge in [0.2, 0.25) is 0 Å². The van der Waals surface area contributed by atoms with Crippen molar-refractivity contribution in [3.8, 4) is 0 Å². The maximum Gasteiger partial charge on any atom is 0.320 e. The van der Waals surface area contributed by atoms with Crippen molar-refractivity contribution in [3.63, 3.8) is 0 Å². The molecule has 0 fully saturated rings. The van der Waals surface area contributed by atoms with E-state index in [2.05, 4.69) is 9.97 Å². The molecule has 1 aromatic rings. The van der Waals surface area contributed by atoms with E-state index in [1.54, 1.807) is 6.20 Å². The molecule has 1 rings (SSSR count). The molecule has 0 saturated carbocycles. The van der Waals surface area contributed by atoms with Crippen LogP contribution in [-0.4, -0.2) is 61.3 Å². The zero-order valence-electron chi connectivity index (χ0n) is 17.4. The highest BCUT2D eigenvalue weighted by Gasteiger charge is 2.17. The first-order chi connectivity index (χ1) is 13.3. The normalized spacial score (nSPS) is 14.3. The molecule has 168 valence electrons. The number of nitrogens with zero attached hydrogens (tertiary/aromatic N) is 1. The second-order valence-corrected chi connectivity index (χ2v) is 7.05. The molecule has 0 aliphatic rings. The molecule has 0 saturated heterocycles. The SMILES string of the molecule is CC(C)C[C@H](N)C(=O)O.CC[C@H](C)[C@H](N)C(=O)O.N[C@@H](Cc1cnc[nH]1)C(=O)O. The lowest BCUT2D eigenvalue weighted by Crippen LogP contribution is -2.36. The number of nitrogens with one attached hydrogen (secondary N) is 1. The molecule has 29 heavy (non-hydrogen) atoms. The number of aromatic nitrogens is 2. The fraction of sp³-hybridized carbons (Fsp3) is 0.667. The highest BCUT2D eigenvalue weighted by Crippen LogP contribution is 2.04. The predicted octanol–water partition coefficient (Wildman–Crippen LogP) is 0.253. The van der Waals surface area contributed by atoms with Gasteiger partial charge in [0.05, 0.1) is 6.33 Å². The maximum absolute atomic E-state index is 10.3. The molecule has 0 amide bonds. The molecule has 11 heteroatoms. The van der Waals surface area contributed by atoms with Crippen molar-refractivity contribution in [2.75, 3.05) is 0 Å². The zero-order valence-corrected chi connectivity index (χ0v) is 17.4. The number of H-pyrrole nitrogens is 1. The Bertz CT molecular complexity index is 594. The van der Waals surface area contributed by atoms with Gasteiger partial charge < -0.3 is 37.5 Å². The number of carboxylic acid groups (broad SMARTS) is 3. The summed E-state index contributed by atoms with van der Waals surface area (Å²) in [6, 6.07) is -2.24. The third-order valence-corrected chi connectivity index (χ3v) is 3.90. The number of hydrogen-bond acceptors (Lipinski definition) is 7. The monoisotopic (exact) mass is 417 g/mol. The van der Waals surface area contributed by atoms with Crippen molar-refractivity contribution in [1.29, 1.82) is 0 Å². The predicted molar refractivity (Wildman–Crippen MR) is 108 cm³/mol. The van der Waals surface area contributed by atoms with Gasteiger partial charge in [0, 0.05) is 18.3 Å². The fourth-order valence-corrected chi connectivity index (χ4v) is 1.83. The van der Waals surface area contributed by atoms with Gasteiger partial charge in [-0.25, -0.2) is 4.98 Å². The largest absolute Gasteiger partial charge is 0.480 e. The van der Waals surface area contributed by atoms with Crippen molar-refractivity contribution in [1.82, 2.24) is 9.97 Å². The van der Waals surface area contributed by atoms with Crippen LogP contribution in [0.25, 0.3) is 0 Å². The van der Waals surface area contributed by atoms with Gasteiger partial charge in [-0.15, -0.1) is 0 Å². The van der Waals surface area contributed by atoms with Gasteiger partial charge in [-0.05, 0) is 18.3 Å². The highest BCUT2D eigenvalue weighted by molar-refractivity contribution is 5.74. The van der Waals surface area contributed by atoms with Crippen molar-refractivity contribution in [3.05, 3.63) is 18.2 Å². The number of hydrogen-bond donors (Lipinski definition) is 7. The zero-order chi connectivity index (χ0) is 23.1. The quantitative estimate of drug-likeness (QED) is 0.290. The molecule has 0 unspecified atom stereocenters. The molecule has 10 N–H and O–H groups in total. The topological polar surface area (TPSA) is 219 Å². The second-order valence-electron chi connectivity index (χ2n) is 7.05. The van der Waals surface area contributed by atoms with Gasteiger partial charge in [-0.2, -0.15) is 0 Å². The molecular weight excluding hydrogens is 382 g/mol. The number of imidazole rings is 1. The van der Waals surface area contributed by atoms with Crippen LogP contribution in [0.4, 0.5) is 0 Å². The Labute approximate surface area is 170 Å². The van der Waals surface area contributed by atoms with Gasteiger partial charge in [0.25, 0.3) is 0 Å². The van der Waals surface area contributed by atoms with Crippen LogP contribution in [0.3, 0.4) is 0 Å². The summed E-state index contributed by atoms with van der Waals surface area (Å²) in [5, 5.41) is 25.1. The van der Waals surface area contributed by atoms with E-state index in [0.29, 0.717) is 12.3 Å². The van der Waals surface area contributed by atoms with E-state index in [9.17, 15) is 14.4 Å². The molecule has 0 bridgehead atoms. The Morgan fingerprint density at radius 1 is 1.00 bits per heavy atom. The Morgan fingerprint density at radius 3 is 1.76 bits per heavy atom. The van der Waals surface area contributed by atoms with Crippen LogP contribution >= 0.6 is 0 Å². The lowest BCUT2D eigenvalue weighted by atomic mass is 10.0. The summed E-state index contributed by atoms with van der Waals surface area (Å²) in [6.45, 7) is 7.65. The van der Waals surface area contributed by atoms with Crippen LogP contribution in [0.2, 0.25) is 0 Å². The Kier molecular flexibility index (Phi) is 15.3. The summed E-state index contributed by atoms with van der Waals surface area (Å²) in [4.78, 5) is 37.0. The molecule has 0 aromatic carbocycles. The van der Waals surface area contributed by atoms with Crippen LogP contribution in [0.15, 0.2) is 12.5 Å². The maximum atomic E-state index is 10.3. The van der Waals surface area contributed by atoms with E-state index in [4.69, 9.17) is 32.5 Å². The molecular formula is C18H35N5O6. The van der Waals surface area contributed by atoms with E-state index in [0.717, 1.165) is 12.1 Å².